The topological polar surface area (TPSA) is 0 Å². The Balaban J connectivity index is 2.93. The first-order chi connectivity index (χ1) is 6.63. The van der Waals surface area contributed by atoms with E-state index < -0.39 is 0 Å². The molecule has 0 bridgehead atoms. The summed E-state index contributed by atoms with van der Waals surface area (Å²) in [5.74, 6) is 0.600. The van der Waals surface area contributed by atoms with Gasteiger partial charge in [-0.25, -0.2) is 0 Å². The second-order valence-corrected chi connectivity index (χ2v) is 4.36. The molecule has 1 rings (SSSR count). The first kappa shape index (κ1) is 11.3. The van der Waals surface area contributed by atoms with Crippen molar-refractivity contribution >= 4 is 0 Å². The average molecular weight is 190 g/mol. The molecular weight excluding hydrogens is 168 g/mol. The molecule has 0 saturated heterocycles. The third kappa shape index (κ3) is 3.17. The summed E-state index contributed by atoms with van der Waals surface area (Å²) in [6, 6.07) is 0. The summed E-state index contributed by atoms with van der Waals surface area (Å²) in [5, 5.41) is 0. The highest BCUT2D eigenvalue weighted by Gasteiger charge is 2.04. The van der Waals surface area contributed by atoms with Gasteiger partial charge in [0.15, 0.2) is 0 Å². The van der Waals surface area contributed by atoms with Gasteiger partial charge in [-0.1, -0.05) is 48.8 Å². The van der Waals surface area contributed by atoms with E-state index in [0.717, 1.165) is 6.42 Å². The first-order valence-electron chi connectivity index (χ1n) is 5.68. The summed E-state index contributed by atoms with van der Waals surface area (Å²) in [6.07, 6.45) is 10.7. The van der Waals surface area contributed by atoms with Crippen LogP contribution in [0.25, 0.3) is 0 Å². The smallest absolute Gasteiger partial charge is 0.00486 e. The molecule has 1 aliphatic rings. The summed E-state index contributed by atoms with van der Waals surface area (Å²) in [5.41, 5.74) is 4.51. The molecule has 14 heavy (non-hydrogen) atoms. The minimum Gasteiger partial charge on any atom is -0.0810 e. The average Bonchev–Trinajstić information content (AvgIpc) is 2.19. The molecule has 0 aromatic carbocycles. The van der Waals surface area contributed by atoms with Gasteiger partial charge in [0, 0.05) is 0 Å². The molecule has 0 heteroatoms. The summed E-state index contributed by atoms with van der Waals surface area (Å²) < 4.78 is 0. The third-order valence-electron chi connectivity index (χ3n) is 3.02. The van der Waals surface area contributed by atoms with Crippen LogP contribution in [0.1, 0.15) is 47.0 Å². The number of rotatable bonds is 1. The molecule has 0 aromatic rings. The van der Waals surface area contributed by atoms with Crippen LogP contribution in [-0.4, -0.2) is 0 Å². The van der Waals surface area contributed by atoms with Crippen molar-refractivity contribution in [1.29, 1.82) is 0 Å². The summed E-state index contributed by atoms with van der Waals surface area (Å²) in [6.45, 7) is 9.00. The lowest BCUT2D eigenvalue weighted by molar-refractivity contribution is 0.837. The molecule has 1 aliphatic carbocycles. The maximum absolute atomic E-state index is 2.40. The van der Waals surface area contributed by atoms with Crippen LogP contribution < -0.4 is 0 Å². The molecule has 0 aliphatic heterocycles. The van der Waals surface area contributed by atoms with Crippen LogP contribution in [-0.2, 0) is 0 Å². The van der Waals surface area contributed by atoms with Gasteiger partial charge < -0.3 is 0 Å². The van der Waals surface area contributed by atoms with Crippen molar-refractivity contribution in [1.82, 2.24) is 0 Å². The molecule has 78 valence electrons. The molecule has 0 heterocycles. The Bertz CT molecular complexity index is 276. The van der Waals surface area contributed by atoms with Crippen molar-refractivity contribution in [3.8, 4) is 0 Å². The maximum atomic E-state index is 2.40. The SMILES string of the molecule is CCC1=CCCC(C)=CC(C)C(C)=C1. The molecule has 1 unspecified atom stereocenters. The van der Waals surface area contributed by atoms with E-state index in [1.807, 2.05) is 0 Å². The zero-order valence-corrected chi connectivity index (χ0v) is 9.93. The monoisotopic (exact) mass is 190 g/mol. The van der Waals surface area contributed by atoms with Crippen LogP contribution in [0.2, 0.25) is 0 Å². The van der Waals surface area contributed by atoms with Gasteiger partial charge in [-0.05, 0) is 39.0 Å². The second-order valence-electron chi connectivity index (χ2n) is 4.36. The van der Waals surface area contributed by atoms with Gasteiger partial charge in [0.25, 0.3) is 0 Å². The molecule has 1 atom stereocenters. The summed E-state index contributed by atoms with van der Waals surface area (Å²) in [7, 11) is 0. The van der Waals surface area contributed by atoms with Crippen molar-refractivity contribution in [3.05, 3.63) is 34.9 Å². The number of allylic oxidation sites excluding steroid dienone is 6. The van der Waals surface area contributed by atoms with Crippen LogP contribution in [0, 0.1) is 5.92 Å². The van der Waals surface area contributed by atoms with E-state index in [2.05, 4.69) is 45.9 Å². The van der Waals surface area contributed by atoms with Crippen molar-refractivity contribution < 1.29 is 0 Å². The minimum absolute atomic E-state index is 0.600. The van der Waals surface area contributed by atoms with E-state index in [0.29, 0.717) is 5.92 Å². The van der Waals surface area contributed by atoms with Crippen LogP contribution in [0.3, 0.4) is 0 Å². The second kappa shape index (κ2) is 5.19. The Morgan fingerprint density at radius 3 is 2.71 bits per heavy atom. The highest BCUT2D eigenvalue weighted by Crippen LogP contribution is 2.21. The number of hydrogen-bond donors (Lipinski definition) is 0. The van der Waals surface area contributed by atoms with Gasteiger partial charge >= 0.3 is 0 Å². The standard InChI is InChI=1S/C14H22/c1-5-14-8-6-7-11(2)9-12(3)13(4)10-14/h8-10,12H,5-7H2,1-4H3. The Morgan fingerprint density at radius 2 is 2.07 bits per heavy atom. The molecule has 0 fully saturated rings. The first-order valence-corrected chi connectivity index (χ1v) is 5.68. The van der Waals surface area contributed by atoms with E-state index in [-0.39, 0.29) is 0 Å². The van der Waals surface area contributed by atoms with Crippen LogP contribution in [0.15, 0.2) is 34.9 Å². The van der Waals surface area contributed by atoms with Crippen molar-refractivity contribution in [3.63, 3.8) is 0 Å². The lowest BCUT2D eigenvalue weighted by Crippen LogP contribution is -1.93. The molecular formula is C14H22. The van der Waals surface area contributed by atoms with Crippen LogP contribution in [0.5, 0.6) is 0 Å². The molecule has 0 radical (unpaired) electrons. The van der Waals surface area contributed by atoms with Crippen LogP contribution >= 0.6 is 0 Å². The predicted octanol–water partition coefficient (Wildman–Crippen LogP) is 4.65. The fourth-order valence-electron chi connectivity index (χ4n) is 1.86. The Labute approximate surface area is 88.4 Å². The third-order valence-corrected chi connectivity index (χ3v) is 3.02. The van der Waals surface area contributed by atoms with Gasteiger partial charge in [-0.3, -0.25) is 0 Å². The molecule has 0 nitrogen and oxygen atoms in total. The zero-order valence-electron chi connectivity index (χ0n) is 9.93. The van der Waals surface area contributed by atoms with Crippen molar-refractivity contribution in [2.45, 2.75) is 47.0 Å². The molecule has 0 N–H and O–H groups in total. The van der Waals surface area contributed by atoms with Crippen LogP contribution in [0.4, 0.5) is 0 Å². The zero-order chi connectivity index (χ0) is 10.6. The quantitative estimate of drug-likeness (QED) is 0.528. The van der Waals surface area contributed by atoms with Crippen molar-refractivity contribution in [2.75, 3.05) is 0 Å². The van der Waals surface area contributed by atoms with Gasteiger partial charge in [0.1, 0.15) is 0 Å². The highest BCUT2D eigenvalue weighted by atomic mass is 14.1. The van der Waals surface area contributed by atoms with Gasteiger partial charge in [0.05, 0.1) is 0 Å². The van der Waals surface area contributed by atoms with Crippen molar-refractivity contribution in [2.24, 2.45) is 5.92 Å². The van der Waals surface area contributed by atoms with E-state index in [1.54, 1.807) is 0 Å². The van der Waals surface area contributed by atoms with E-state index >= 15 is 0 Å². The van der Waals surface area contributed by atoms with Gasteiger partial charge in [-0.2, -0.15) is 0 Å². The normalized spacial score (nSPS) is 24.0. The number of hydrogen-bond acceptors (Lipinski definition) is 0. The molecule has 0 amide bonds. The molecule has 0 spiro atoms. The Kier molecular flexibility index (Phi) is 4.19. The predicted molar refractivity (Wildman–Crippen MR) is 64.3 cm³/mol. The maximum Gasteiger partial charge on any atom is -0.00486 e. The lowest BCUT2D eigenvalue weighted by atomic mass is 9.98. The summed E-state index contributed by atoms with van der Waals surface area (Å²) >= 11 is 0. The van der Waals surface area contributed by atoms with E-state index in [1.165, 1.54) is 29.6 Å². The van der Waals surface area contributed by atoms with E-state index in [9.17, 15) is 0 Å². The highest BCUT2D eigenvalue weighted by molar-refractivity contribution is 5.27. The van der Waals surface area contributed by atoms with Gasteiger partial charge in [0.2, 0.25) is 0 Å². The minimum atomic E-state index is 0.600. The van der Waals surface area contributed by atoms with E-state index in [4.69, 9.17) is 0 Å². The fraction of sp³-hybridized carbons (Fsp3) is 0.571. The Hall–Kier alpha value is -0.780. The molecule has 0 saturated carbocycles. The van der Waals surface area contributed by atoms with Gasteiger partial charge in [-0.15, -0.1) is 0 Å². The fourth-order valence-corrected chi connectivity index (χ4v) is 1.86. The Morgan fingerprint density at radius 1 is 1.36 bits per heavy atom. The molecule has 0 aromatic heterocycles. The largest absolute Gasteiger partial charge is 0.0810 e. The lowest BCUT2D eigenvalue weighted by Gasteiger charge is -2.08. The summed E-state index contributed by atoms with van der Waals surface area (Å²) in [4.78, 5) is 0.